The number of nitrogens with zero attached hydrogens (tertiary/aromatic N) is 2. The zero-order valence-electron chi connectivity index (χ0n) is 12.3. The van der Waals surface area contributed by atoms with Gasteiger partial charge in [0.2, 0.25) is 0 Å². The smallest absolute Gasteiger partial charge is 0.360 e. The van der Waals surface area contributed by atoms with Crippen molar-refractivity contribution in [1.82, 2.24) is 10.1 Å². The highest BCUT2D eigenvalue weighted by molar-refractivity contribution is 5.89. The van der Waals surface area contributed by atoms with E-state index in [0.717, 1.165) is 43.4 Å². The lowest BCUT2D eigenvalue weighted by Crippen LogP contribution is -2.14. The monoisotopic (exact) mass is 302 g/mol. The molecule has 0 radical (unpaired) electrons. The Bertz CT molecular complexity index is 624. The summed E-state index contributed by atoms with van der Waals surface area (Å²) < 4.78 is 15.9. The maximum Gasteiger partial charge on any atom is 0.360 e. The summed E-state index contributed by atoms with van der Waals surface area (Å²) in [4.78, 5) is 16.0. The van der Waals surface area contributed by atoms with Gasteiger partial charge in [-0.15, -0.1) is 0 Å². The van der Waals surface area contributed by atoms with Gasteiger partial charge in [0.1, 0.15) is 24.7 Å². The van der Waals surface area contributed by atoms with Crippen LogP contribution in [0.15, 0.2) is 29.0 Å². The number of aryl methyl sites for hydroxylation is 1. The summed E-state index contributed by atoms with van der Waals surface area (Å²) in [5.74, 6) is 1.03. The Labute approximate surface area is 128 Å². The largest absolute Gasteiger partial charge is 0.488 e. The minimum absolute atomic E-state index is 0.162. The molecule has 2 aromatic heterocycles. The zero-order chi connectivity index (χ0) is 15.2. The maximum atomic E-state index is 12.1. The fourth-order valence-corrected chi connectivity index (χ4v) is 2.52. The standard InChI is InChI=1S/C16H18N2O4/c19-16(21-10-9-20-12-5-4-8-17-11-12)15-13-6-2-1-3-7-14(13)22-18-15/h4-5,8,11H,1-3,6-7,9-10H2. The molecule has 0 aromatic carbocycles. The summed E-state index contributed by atoms with van der Waals surface area (Å²) in [6.45, 7) is 0.437. The average Bonchev–Trinajstić information content (AvgIpc) is 2.81. The molecular formula is C16H18N2O4. The highest BCUT2D eigenvalue weighted by Crippen LogP contribution is 2.24. The fourth-order valence-electron chi connectivity index (χ4n) is 2.52. The Morgan fingerprint density at radius 2 is 2.14 bits per heavy atom. The first-order valence-corrected chi connectivity index (χ1v) is 7.52. The molecule has 1 aliphatic rings. The SMILES string of the molecule is O=C(OCCOc1cccnc1)c1noc2c1CCCCC2. The summed E-state index contributed by atoms with van der Waals surface area (Å²) in [7, 11) is 0. The highest BCUT2D eigenvalue weighted by atomic mass is 16.6. The summed E-state index contributed by atoms with van der Waals surface area (Å²) in [6, 6.07) is 3.58. The molecule has 2 heterocycles. The third-order valence-electron chi connectivity index (χ3n) is 3.61. The van der Waals surface area contributed by atoms with Gasteiger partial charge >= 0.3 is 5.97 Å². The minimum Gasteiger partial charge on any atom is -0.488 e. The Kier molecular flexibility index (Phi) is 4.68. The molecule has 0 aliphatic heterocycles. The van der Waals surface area contributed by atoms with Gasteiger partial charge in [-0.1, -0.05) is 11.6 Å². The first-order valence-electron chi connectivity index (χ1n) is 7.52. The normalized spacial score (nSPS) is 14.0. The molecule has 1 aliphatic carbocycles. The maximum absolute atomic E-state index is 12.1. The summed E-state index contributed by atoms with van der Waals surface area (Å²) in [5, 5.41) is 3.88. The molecule has 0 spiro atoms. The van der Waals surface area contributed by atoms with Gasteiger partial charge in [-0.25, -0.2) is 4.79 Å². The summed E-state index contributed by atoms with van der Waals surface area (Å²) in [5.41, 5.74) is 1.23. The Balaban J connectivity index is 1.51. The van der Waals surface area contributed by atoms with E-state index in [0.29, 0.717) is 11.4 Å². The highest BCUT2D eigenvalue weighted by Gasteiger charge is 2.24. The molecular weight excluding hydrogens is 284 g/mol. The van der Waals surface area contributed by atoms with Gasteiger partial charge in [0, 0.05) is 18.2 Å². The molecule has 0 unspecified atom stereocenters. The molecule has 2 aromatic rings. The lowest BCUT2D eigenvalue weighted by atomic mass is 10.1. The number of hydrogen-bond acceptors (Lipinski definition) is 6. The predicted molar refractivity (Wildman–Crippen MR) is 77.8 cm³/mol. The minimum atomic E-state index is -0.443. The van der Waals surface area contributed by atoms with Crippen molar-refractivity contribution in [2.45, 2.75) is 32.1 Å². The van der Waals surface area contributed by atoms with Crippen molar-refractivity contribution in [2.24, 2.45) is 0 Å². The van der Waals surface area contributed by atoms with Crippen molar-refractivity contribution in [3.05, 3.63) is 41.5 Å². The van der Waals surface area contributed by atoms with Crippen LogP contribution in [0.5, 0.6) is 5.75 Å². The number of ether oxygens (including phenoxy) is 2. The van der Waals surface area contributed by atoms with Crippen molar-refractivity contribution in [3.8, 4) is 5.75 Å². The van der Waals surface area contributed by atoms with Crippen molar-refractivity contribution in [1.29, 1.82) is 0 Å². The van der Waals surface area contributed by atoms with Gasteiger partial charge in [0.15, 0.2) is 5.69 Å². The van der Waals surface area contributed by atoms with Crippen molar-refractivity contribution >= 4 is 5.97 Å². The number of rotatable bonds is 5. The molecule has 0 saturated carbocycles. The van der Waals surface area contributed by atoms with Gasteiger partial charge in [0.25, 0.3) is 0 Å². The third kappa shape index (κ3) is 3.44. The van der Waals surface area contributed by atoms with Gasteiger partial charge < -0.3 is 14.0 Å². The van der Waals surface area contributed by atoms with Crippen molar-refractivity contribution < 1.29 is 18.8 Å². The van der Waals surface area contributed by atoms with E-state index in [-0.39, 0.29) is 13.2 Å². The number of pyridine rings is 1. The molecule has 0 fully saturated rings. The van der Waals surface area contributed by atoms with E-state index in [1.165, 1.54) is 0 Å². The van der Waals surface area contributed by atoms with E-state index in [1.54, 1.807) is 24.5 Å². The Hall–Kier alpha value is -2.37. The van der Waals surface area contributed by atoms with Crippen molar-refractivity contribution in [3.63, 3.8) is 0 Å². The van der Waals surface area contributed by atoms with Crippen LogP contribution in [0.1, 0.15) is 41.1 Å². The number of esters is 1. The number of carbonyl (C=O) groups excluding carboxylic acids is 1. The van der Waals surface area contributed by atoms with E-state index >= 15 is 0 Å². The second-order valence-corrected chi connectivity index (χ2v) is 5.17. The molecule has 0 saturated heterocycles. The van der Waals surface area contributed by atoms with Crippen molar-refractivity contribution in [2.75, 3.05) is 13.2 Å². The van der Waals surface area contributed by atoms with E-state index < -0.39 is 5.97 Å². The van der Waals surface area contributed by atoms with Crippen LogP contribution in [0.25, 0.3) is 0 Å². The first kappa shape index (κ1) is 14.6. The predicted octanol–water partition coefficient (Wildman–Crippen LogP) is 2.57. The topological polar surface area (TPSA) is 74.5 Å². The number of fused-ring (bicyclic) bond motifs is 1. The quantitative estimate of drug-likeness (QED) is 0.480. The first-order chi connectivity index (χ1) is 10.8. The molecule has 0 amide bonds. The van der Waals surface area contributed by atoms with E-state index in [9.17, 15) is 4.79 Å². The van der Waals surface area contributed by atoms with Gasteiger partial charge in [0.05, 0.1) is 6.20 Å². The lowest BCUT2D eigenvalue weighted by molar-refractivity contribution is 0.0437. The molecule has 116 valence electrons. The second kappa shape index (κ2) is 7.06. The molecule has 6 heteroatoms. The van der Waals surface area contributed by atoms with Crippen LogP contribution in [-0.4, -0.2) is 29.3 Å². The molecule has 0 atom stereocenters. The van der Waals surface area contributed by atoms with E-state index in [1.807, 2.05) is 0 Å². The van der Waals surface area contributed by atoms with Crippen LogP contribution in [0.2, 0.25) is 0 Å². The number of carbonyl (C=O) groups is 1. The van der Waals surface area contributed by atoms with Gasteiger partial charge in [-0.05, 0) is 31.4 Å². The molecule has 0 bridgehead atoms. The van der Waals surface area contributed by atoms with Crippen LogP contribution in [-0.2, 0) is 17.6 Å². The number of hydrogen-bond donors (Lipinski definition) is 0. The van der Waals surface area contributed by atoms with Crippen LogP contribution in [0, 0.1) is 0 Å². The number of aromatic nitrogens is 2. The zero-order valence-corrected chi connectivity index (χ0v) is 12.3. The second-order valence-electron chi connectivity index (χ2n) is 5.17. The third-order valence-corrected chi connectivity index (χ3v) is 3.61. The van der Waals surface area contributed by atoms with Gasteiger partial charge in [-0.2, -0.15) is 0 Å². The average molecular weight is 302 g/mol. The lowest BCUT2D eigenvalue weighted by Gasteiger charge is -2.06. The van der Waals surface area contributed by atoms with Gasteiger partial charge in [-0.3, -0.25) is 4.98 Å². The van der Waals surface area contributed by atoms with Crippen LogP contribution in [0.3, 0.4) is 0 Å². The Morgan fingerprint density at radius 3 is 3.00 bits per heavy atom. The van der Waals surface area contributed by atoms with Crippen LogP contribution < -0.4 is 4.74 Å². The molecule has 6 nitrogen and oxygen atoms in total. The Morgan fingerprint density at radius 1 is 1.23 bits per heavy atom. The molecule has 22 heavy (non-hydrogen) atoms. The fraction of sp³-hybridized carbons (Fsp3) is 0.438. The van der Waals surface area contributed by atoms with E-state index in [4.69, 9.17) is 14.0 Å². The molecule has 0 N–H and O–H groups in total. The summed E-state index contributed by atoms with van der Waals surface area (Å²) in [6.07, 6.45) is 8.24. The molecule has 3 rings (SSSR count). The summed E-state index contributed by atoms with van der Waals surface area (Å²) >= 11 is 0. The van der Waals surface area contributed by atoms with Crippen LogP contribution in [0.4, 0.5) is 0 Å². The van der Waals surface area contributed by atoms with Crippen LogP contribution >= 0.6 is 0 Å². The van der Waals surface area contributed by atoms with E-state index in [2.05, 4.69) is 10.1 Å².